The highest BCUT2D eigenvalue weighted by atomic mass is 28.3. The highest BCUT2D eigenvalue weighted by Crippen LogP contribution is 2.63. The molecule has 0 heterocycles. The van der Waals surface area contributed by atoms with E-state index in [0.29, 0.717) is 5.41 Å². The first-order valence-electron chi connectivity index (χ1n) is 7.22. The van der Waals surface area contributed by atoms with Crippen LogP contribution in [0.4, 0.5) is 0 Å². The minimum absolute atomic E-state index is 0.586. The molecule has 2 rings (SSSR count). The van der Waals surface area contributed by atoms with Crippen LogP contribution in [0.5, 0.6) is 0 Å². The second kappa shape index (κ2) is 5.41. The van der Waals surface area contributed by atoms with Gasteiger partial charge in [-0.25, -0.2) is 0 Å². The molecule has 0 radical (unpaired) electrons. The SMILES string of the molecule is CCC(C)C([SiH](OC)OC)C12CCC(CC1)C2. The molecule has 0 saturated heterocycles. The van der Waals surface area contributed by atoms with Gasteiger partial charge in [0.25, 0.3) is 0 Å². The lowest BCUT2D eigenvalue weighted by Gasteiger charge is -2.42. The average Bonchev–Trinajstić information content (AvgIpc) is 2.95. The zero-order chi connectivity index (χ0) is 12.5. The van der Waals surface area contributed by atoms with Crippen molar-refractivity contribution in [3.8, 4) is 0 Å². The molecule has 2 nitrogen and oxygen atoms in total. The molecule has 0 spiro atoms. The van der Waals surface area contributed by atoms with Crippen molar-refractivity contribution in [2.75, 3.05) is 14.2 Å². The Kier molecular flexibility index (Phi) is 4.32. The molecule has 2 atom stereocenters. The van der Waals surface area contributed by atoms with E-state index < -0.39 is 9.28 Å². The Hall–Kier alpha value is 0.137. The fraction of sp³-hybridized carbons (Fsp3) is 1.00. The van der Waals surface area contributed by atoms with Crippen LogP contribution in [0.2, 0.25) is 5.54 Å². The van der Waals surface area contributed by atoms with Crippen molar-refractivity contribution in [2.24, 2.45) is 17.3 Å². The van der Waals surface area contributed by atoms with Crippen molar-refractivity contribution in [3.63, 3.8) is 0 Å². The van der Waals surface area contributed by atoms with Crippen LogP contribution < -0.4 is 0 Å². The number of hydrogen-bond donors (Lipinski definition) is 0. The molecule has 2 fully saturated rings. The maximum absolute atomic E-state index is 5.76. The van der Waals surface area contributed by atoms with Crippen LogP contribution in [-0.4, -0.2) is 23.5 Å². The van der Waals surface area contributed by atoms with E-state index in [1.54, 1.807) is 0 Å². The summed E-state index contributed by atoms with van der Waals surface area (Å²) in [6, 6.07) is 0. The van der Waals surface area contributed by atoms with E-state index in [0.717, 1.165) is 17.4 Å². The molecule has 2 bridgehead atoms. The summed E-state index contributed by atoms with van der Waals surface area (Å²) in [6.45, 7) is 4.72. The van der Waals surface area contributed by atoms with E-state index in [1.807, 2.05) is 14.2 Å². The predicted octanol–water partition coefficient (Wildman–Crippen LogP) is 3.50. The third kappa shape index (κ3) is 2.34. The van der Waals surface area contributed by atoms with Crippen LogP contribution in [0, 0.1) is 17.3 Å². The van der Waals surface area contributed by atoms with Gasteiger partial charge in [-0.05, 0) is 49.4 Å². The minimum atomic E-state index is -1.49. The lowest BCUT2D eigenvalue weighted by atomic mass is 9.76. The van der Waals surface area contributed by atoms with Gasteiger partial charge in [-0.1, -0.05) is 20.3 Å². The summed E-state index contributed by atoms with van der Waals surface area (Å²) >= 11 is 0. The minimum Gasteiger partial charge on any atom is -0.400 e. The first kappa shape index (κ1) is 13.6. The first-order valence-corrected chi connectivity index (χ1v) is 8.83. The Balaban J connectivity index is 2.20. The molecule has 0 aromatic rings. The molecule has 2 saturated carbocycles. The summed E-state index contributed by atoms with van der Waals surface area (Å²) in [5.74, 6) is 1.77. The van der Waals surface area contributed by atoms with Gasteiger partial charge in [-0.15, -0.1) is 0 Å². The van der Waals surface area contributed by atoms with Crippen LogP contribution in [0.15, 0.2) is 0 Å². The van der Waals surface area contributed by atoms with Crippen LogP contribution in [-0.2, 0) is 8.85 Å². The van der Waals surface area contributed by atoms with Crippen molar-refractivity contribution in [2.45, 2.75) is 57.9 Å². The molecule has 0 aliphatic heterocycles. The molecule has 2 aliphatic carbocycles. The quantitative estimate of drug-likeness (QED) is 0.677. The van der Waals surface area contributed by atoms with Gasteiger partial charge in [-0.2, -0.15) is 0 Å². The highest BCUT2D eigenvalue weighted by molar-refractivity contribution is 6.46. The Labute approximate surface area is 108 Å². The second-order valence-corrected chi connectivity index (χ2v) is 8.66. The number of hydrogen-bond acceptors (Lipinski definition) is 2. The topological polar surface area (TPSA) is 18.5 Å². The highest BCUT2D eigenvalue weighted by Gasteiger charge is 2.54. The largest absolute Gasteiger partial charge is 0.400 e. The fourth-order valence-corrected chi connectivity index (χ4v) is 7.14. The standard InChI is InChI=1S/C14H28O2Si/c1-5-11(2)13(17(15-3)16-4)14-8-6-12(10-14)7-9-14/h11-13,17H,5-10H2,1-4H3. The van der Waals surface area contributed by atoms with Crippen molar-refractivity contribution >= 4 is 9.28 Å². The molecule has 0 amide bonds. The first-order chi connectivity index (χ1) is 8.16. The van der Waals surface area contributed by atoms with Gasteiger partial charge in [0.05, 0.1) is 0 Å². The zero-order valence-corrected chi connectivity index (χ0v) is 13.0. The van der Waals surface area contributed by atoms with E-state index in [4.69, 9.17) is 8.85 Å². The van der Waals surface area contributed by atoms with Crippen molar-refractivity contribution < 1.29 is 8.85 Å². The fourth-order valence-electron chi connectivity index (χ4n) is 4.51. The zero-order valence-electron chi connectivity index (χ0n) is 11.9. The molecular formula is C14H28O2Si. The van der Waals surface area contributed by atoms with Crippen molar-refractivity contribution in [3.05, 3.63) is 0 Å². The van der Waals surface area contributed by atoms with E-state index in [-0.39, 0.29) is 0 Å². The van der Waals surface area contributed by atoms with Gasteiger partial charge in [0.15, 0.2) is 0 Å². The third-order valence-electron chi connectivity index (χ3n) is 5.52. The van der Waals surface area contributed by atoms with Crippen molar-refractivity contribution in [1.82, 2.24) is 0 Å². The monoisotopic (exact) mass is 256 g/mol. The van der Waals surface area contributed by atoms with Crippen molar-refractivity contribution in [1.29, 1.82) is 0 Å². The second-order valence-electron chi connectivity index (χ2n) is 6.26. The molecule has 0 aromatic carbocycles. The Morgan fingerprint density at radius 1 is 1.24 bits per heavy atom. The summed E-state index contributed by atoms with van der Waals surface area (Å²) in [5.41, 5.74) is 1.30. The van der Waals surface area contributed by atoms with Gasteiger partial charge >= 0.3 is 9.28 Å². The summed E-state index contributed by atoms with van der Waals surface area (Å²) < 4.78 is 11.5. The smallest absolute Gasteiger partial charge is 0.324 e. The van der Waals surface area contributed by atoms with E-state index in [1.165, 1.54) is 38.5 Å². The maximum atomic E-state index is 5.76. The Morgan fingerprint density at radius 3 is 2.18 bits per heavy atom. The molecule has 2 aliphatic rings. The molecular weight excluding hydrogens is 228 g/mol. The lowest BCUT2D eigenvalue weighted by Crippen LogP contribution is -2.40. The van der Waals surface area contributed by atoms with E-state index >= 15 is 0 Å². The molecule has 3 heteroatoms. The van der Waals surface area contributed by atoms with E-state index in [2.05, 4.69) is 13.8 Å². The summed E-state index contributed by atoms with van der Waals surface area (Å²) in [6.07, 6.45) is 8.50. The summed E-state index contributed by atoms with van der Waals surface area (Å²) in [7, 11) is 2.22. The normalized spacial score (nSPS) is 35.5. The summed E-state index contributed by atoms with van der Waals surface area (Å²) in [5, 5.41) is 0. The average molecular weight is 256 g/mol. The Morgan fingerprint density at radius 2 is 1.82 bits per heavy atom. The maximum Gasteiger partial charge on any atom is 0.324 e. The van der Waals surface area contributed by atoms with E-state index in [9.17, 15) is 0 Å². The predicted molar refractivity (Wildman–Crippen MR) is 73.4 cm³/mol. The van der Waals surface area contributed by atoms with Gasteiger partial charge in [0.1, 0.15) is 0 Å². The Bertz CT molecular complexity index is 245. The van der Waals surface area contributed by atoms with Gasteiger partial charge in [0, 0.05) is 19.8 Å². The number of fused-ring (bicyclic) bond motifs is 2. The van der Waals surface area contributed by atoms with Gasteiger partial charge in [-0.3, -0.25) is 0 Å². The van der Waals surface area contributed by atoms with Gasteiger partial charge < -0.3 is 8.85 Å². The van der Waals surface area contributed by atoms with Crippen LogP contribution in [0.1, 0.15) is 52.4 Å². The van der Waals surface area contributed by atoms with Crippen LogP contribution in [0.25, 0.3) is 0 Å². The molecule has 0 aromatic heterocycles. The summed E-state index contributed by atoms with van der Waals surface area (Å²) in [4.78, 5) is 0. The van der Waals surface area contributed by atoms with Crippen LogP contribution >= 0.6 is 0 Å². The molecule has 100 valence electrons. The molecule has 2 unspecified atom stereocenters. The van der Waals surface area contributed by atoms with Gasteiger partial charge in [0.2, 0.25) is 0 Å². The third-order valence-corrected chi connectivity index (χ3v) is 8.40. The number of rotatable bonds is 6. The molecule has 0 N–H and O–H groups in total. The lowest BCUT2D eigenvalue weighted by molar-refractivity contribution is 0.162. The van der Waals surface area contributed by atoms with Crippen LogP contribution in [0.3, 0.4) is 0 Å². The molecule has 17 heavy (non-hydrogen) atoms.